The van der Waals surface area contributed by atoms with Gasteiger partial charge in [-0.1, -0.05) is 83.9 Å². The van der Waals surface area contributed by atoms with E-state index in [1.165, 1.54) is 7.11 Å². The first-order chi connectivity index (χ1) is 17.5. The van der Waals surface area contributed by atoms with Crippen molar-refractivity contribution in [2.45, 2.75) is 19.0 Å². The molecule has 1 aromatic heterocycles. The van der Waals surface area contributed by atoms with E-state index in [-0.39, 0.29) is 25.2 Å². The van der Waals surface area contributed by atoms with Gasteiger partial charge in [0.1, 0.15) is 11.8 Å². The topological polar surface area (TPSA) is 95.7 Å². The Balaban J connectivity index is 1.87. The Morgan fingerprint density at radius 2 is 1.67 bits per heavy atom. The number of tetrazole rings is 1. The van der Waals surface area contributed by atoms with Crippen LogP contribution < -0.4 is 10.1 Å². The number of benzene rings is 3. The minimum absolute atomic E-state index is 0.0278. The highest BCUT2D eigenvalue weighted by atomic mass is 35.5. The number of ether oxygens (including phenoxy) is 2. The van der Waals surface area contributed by atoms with E-state index in [1.807, 2.05) is 60.7 Å². The molecule has 1 atom stereocenters. The van der Waals surface area contributed by atoms with E-state index in [9.17, 15) is 4.79 Å². The first-order valence-corrected chi connectivity index (χ1v) is 12.2. The standard InChI is InChI=1S/C26H25Cl2N5O3/c1-3-36-22(34)16-29-23(20-14-19(27)15-21(28)25(20)35-2)26-30-31-32-33(26)24(17-10-6-4-7-11-17)18-12-8-5-9-13-18/h4-15,23-24,29H,3,16H2,1-2H3/p+1/t23-/m1/s1. The van der Waals surface area contributed by atoms with Crippen molar-refractivity contribution in [1.29, 1.82) is 0 Å². The van der Waals surface area contributed by atoms with E-state index in [0.29, 0.717) is 27.2 Å². The lowest BCUT2D eigenvalue weighted by atomic mass is 9.97. The lowest BCUT2D eigenvalue weighted by Crippen LogP contribution is -2.87. The number of esters is 1. The smallest absolute Gasteiger partial charge is 0.361 e. The maximum atomic E-state index is 12.3. The van der Waals surface area contributed by atoms with Gasteiger partial charge in [0.15, 0.2) is 12.6 Å². The molecule has 0 radical (unpaired) electrons. The van der Waals surface area contributed by atoms with Crippen LogP contribution in [0.3, 0.4) is 0 Å². The van der Waals surface area contributed by atoms with Crippen LogP contribution in [0.15, 0.2) is 72.8 Å². The van der Waals surface area contributed by atoms with Crippen molar-refractivity contribution in [2.75, 3.05) is 20.3 Å². The summed E-state index contributed by atoms with van der Waals surface area (Å²) in [5.74, 6) is 0.557. The molecule has 0 unspecified atom stereocenters. The average molecular weight is 527 g/mol. The SMILES string of the molecule is CCOC(=O)C[NH2+][C@H](c1cc(Cl)cc(Cl)c1OC)c1nnnn1C(c1ccccc1)c1ccccc1. The maximum Gasteiger partial charge on any atom is 0.361 e. The first kappa shape index (κ1) is 25.6. The third kappa shape index (κ3) is 5.67. The number of quaternary nitrogens is 1. The molecule has 2 N–H and O–H groups in total. The molecule has 0 bridgehead atoms. The molecule has 0 aliphatic carbocycles. The van der Waals surface area contributed by atoms with Gasteiger partial charge in [-0.05, 0) is 40.6 Å². The van der Waals surface area contributed by atoms with Gasteiger partial charge >= 0.3 is 5.97 Å². The van der Waals surface area contributed by atoms with Crippen LogP contribution in [0.4, 0.5) is 0 Å². The van der Waals surface area contributed by atoms with Crippen LogP contribution in [-0.4, -0.2) is 46.4 Å². The number of rotatable bonds is 10. The van der Waals surface area contributed by atoms with Gasteiger partial charge in [0.05, 0.1) is 24.3 Å². The Labute approximate surface area is 219 Å². The number of hydrogen-bond acceptors (Lipinski definition) is 6. The second kappa shape index (κ2) is 12.0. The lowest BCUT2D eigenvalue weighted by Gasteiger charge is -2.23. The number of carbonyl (C=O) groups is 1. The van der Waals surface area contributed by atoms with Crippen molar-refractivity contribution in [3.05, 3.63) is 105 Å². The van der Waals surface area contributed by atoms with E-state index in [2.05, 4.69) is 15.5 Å². The molecule has 186 valence electrons. The molecule has 0 amide bonds. The first-order valence-electron chi connectivity index (χ1n) is 11.4. The second-order valence-corrected chi connectivity index (χ2v) is 8.78. The highest BCUT2D eigenvalue weighted by Crippen LogP contribution is 2.37. The molecule has 0 saturated heterocycles. The van der Waals surface area contributed by atoms with Gasteiger partial charge in [-0.25, -0.2) is 9.48 Å². The zero-order chi connectivity index (χ0) is 25.5. The quantitative estimate of drug-likeness (QED) is 0.315. The Morgan fingerprint density at radius 3 is 2.25 bits per heavy atom. The summed E-state index contributed by atoms with van der Waals surface area (Å²) in [7, 11) is 1.53. The summed E-state index contributed by atoms with van der Waals surface area (Å²) < 4.78 is 12.5. The second-order valence-electron chi connectivity index (χ2n) is 7.94. The zero-order valence-electron chi connectivity index (χ0n) is 19.8. The molecule has 1 heterocycles. The number of nitrogens with two attached hydrogens (primary N) is 1. The highest BCUT2D eigenvalue weighted by Gasteiger charge is 2.33. The summed E-state index contributed by atoms with van der Waals surface area (Å²) in [4.78, 5) is 12.3. The fourth-order valence-electron chi connectivity index (χ4n) is 4.17. The molecule has 8 nitrogen and oxygen atoms in total. The van der Waals surface area contributed by atoms with Crippen molar-refractivity contribution in [1.82, 2.24) is 20.2 Å². The van der Waals surface area contributed by atoms with Crippen LogP contribution in [0.2, 0.25) is 10.0 Å². The monoisotopic (exact) mass is 526 g/mol. The normalized spacial score (nSPS) is 11.9. The van der Waals surface area contributed by atoms with Gasteiger partial charge in [-0.2, -0.15) is 0 Å². The van der Waals surface area contributed by atoms with Crippen molar-refractivity contribution in [3.63, 3.8) is 0 Å². The molecule has 0 aliphatic heterocycles. The van der Waals surface area contributed by atoms with Gasteiger partial charge in [-0.15, -0.1) is 5.10 Å². The van der Waals surface area contributed by atoms with Gasteiger partial charge < -0.3 is 14.8 Å². The minimum atomic E-state index is -0.578. The number of hydrogen-bond donors (Lipinski definition) is 1. The number of nitrogens with zero attached hydrogens (tertiary/aromatic N) is 4. The average Bonchev–Trinajstić information content (AvgIpc) is 3.34. The van der Waals surface area contributed by atoms with Gasteiger partial charge in [0, 0.05) is 5.02 Å². The summed E-state index contributed by atoms with van der Waals surface area (Å²) in [6.07, 6.45) is 0. The molecule has 36 heavy (non-hydrogen) atoms. The third-order valence-electron chi connectivity index (χ3n) is 5.67. The predicted octanol–water partition coefficient (Wildman–Crippen LogP) is 3.84. The molecular formula is C26H26Cl2N5O3+. The molecule has 4 rings (SSSR count). The van der Waals surface area contributed by atoms with Crippen LogP contribution in [0.5, 0.6) is 5.75 Å². The van der Waals surface area contributed by atoms with E-state index < -0.39 is 6.04 Å². The Morgan fingerprint density at radius 1 is 1.03 bits per heavy atom. The van der Waals surface area contributed by atoms with Crippen LogP contribution >= 0.6 is 23.2 Å². The van der Waals surface area contributed by atoms with Crippen LogP contribution in [0.25, 0.3) is 0 Å². The Hall–Kier alpha value is -3.46. The number of methoxy groups -OCH3 is 1. The van der Waals surface area contributed by atoms with Crippen LogP contribution in [0, 0.1) is 0 Å². The summed E-state index contributed by atoms with van der Waals surface area (Å²) >= 11 is 12.9. The maximum absolute atomic E-state index is 12.3. The Kier molecular flexibility index (Phi) is 8.53. The fraction of sp³-hybridized carbons (Fsp3) is 0.231. The molecular weight excluding hydrogens is 501 g/mol. The highest BCUT2D eigenvalue weighted by molar-refractivity contribution is 6.35. The van der Waals surface area contributed by atoms with Crippen molar-refractivity contribution in [3.8, 4) is 5.75 Å². The molecule has 0 aliphatic rings. The van der Waals surface area contributed by atoms with Crippen molar-refractivity contribution in [2.24, 2.45) is 0 Å². The lowest BCUT2D eigenvalue weighted by molar-refractivity contribution is -0.679. The van der Waals surface area contributed by atoms with E-state index >= 15 is 0 Å². The molecule has 10 heteroatoms. The zero-order valence-corrected chi connectivity index (χ0v) is 21.4. The molecule has 4 aromatic rings. The molecule has 3 aromatic carbocycles. The summed E-state index contributed by atoms with van der Waals surface area (Å²) in [5.41, 5.74) is 2.63. The summed E-state index contributed by atoms with van der Waals surface area (Å²) in [5, 5.41) is 15.4. The third-order valence-corrected chi connectivity index (χ3v) is 6.17. The van der Waals surface area contributed by atoms with Crippen molar-refractivity contribution >= 4 is 29.2 Å². The largest absolute Gasteiger partial charge is 0.495 e. The molecule has 0 saturated carbocycles. The molecule has 0 spiro atoms. The summed E-state index contributed by atoms with van der Waals surface area (Å²) in [6, 6.07) is 22.4. The van der Waals surface area contributed by atoms with E-state index in [1.54, 1.807) is 29.1 Å². The van der Waals surface area contributed by atoms with Gasteiger partial charge in [0.25, 0.3) is 0 Å². The van der Waals surface area contributed by atoms with Crippen LogP contribution in [0.1, 0.15) is 41.5 Å². The van der Waals surface area contributed by atoms with Crippen molar-refractivity contribution < 1.29 is 19.6 Å². The van der Waals surface area contributed by atoms with Gasteiger partial charge in [0.2, 0.25) is 5.82 Å². The fourth-order valence-corrected chi connectivity index (χ4v) is 4.75. The van der Waals surface area contributed by atoms with E-state index in [0.717, 1.165) is 11.1 Å². The summed E-state index contributed by atoms with van der Waals surface area (Å²) in [6.45, 7) is 2.07. The number of aromatic nitrogens is 4. The Bertz CT molecular complexity index is 1260. The number of halogens is 2. The van der Waals surface area contributed by atoms with Crippen LogP contribution in [-0.2, 0) is 9.53 Å². The minimum Gasteiger partial charge on any atom is -0.495 e. The predicted molar refractivity (Wildman–Crippen MR) is 136 cm³/mol. The van der Waals surface area contributed by atoms with E-state index in [4.69, 9.17) is 32.7 Å². The number of carbonyl (C=O) groups excluding carboxylic acids is 1. The molecule has 0 fully saturated rings. The van der Waals surface area contributed by atoms with Gasteiger partial charge in [-0.3, -0.25) is 0 Å².